The zero-order valence-corrected chi connectivity index (χ0v) is 13.3. The van der Waals surface area contributed by atoms with Gasteiger partial charge in [-0.3, -0.25) is 0 Å². The van der Waals surface area contributed by atoms with E-state index in [4.69, 9.17) is 0 Å². The third-order valence-corrected chi connectivity index (χ3v) is 6.89. The number of nitrogens with zero attached hydrogens (tertiary/aromatic N) is 1. The van der Waals surface area contributed by atoms with Crippen LogP contribution in [0, 0.1) is 11.8 Å². The number of hydrogen-bond donors (Lipinski definition) is 1. The molecule has 1 saturated carbocycles. The Labute approximate surface area is 126 Å². The van der Waals surface area contributed by atoms with Crippen LogP contribution >= 0.6 is 0 Å². The Morgan fingerprint density at radius 2 is 1.86 bits per heavy atom. The van der Waals surface area contributed by atoms with Crippen LogP contribution in [0.4, 0.5) is 0 Å². The molecule has 0 aromatic heterocycles. The highest BCUT2D eigenvalue weighted by molar-refractivity contribution is 7.89. The molecule has 2 aliphatic rings. The van der Waals surface area contributed by atoms with E-state index in [1.54, 1.807) is 16.4 Å². The number of aliphatic hydroxyl groups is 1. The van der Waals surface area contributed by atoms with E-state index in [1.807, 2.05) is 13.0 Å². The summed E-state index contributed by atoms with van der Waals surface area (Å²) >= 11 is 0. The molecule has 116 valence electrons. The number of rotatable bonds is 4. The van der Waals surface area contributed by atoms with Crippen molar-refractivity contribution in [3.8, 4) is 0 Å². The summed E-state index contributed by atoms with van der Waals surface area (Å²) in [6, 6.07) is 5.15. The number of hydrogen-bond acceptors (Lipinski definition) is 3. The normalized spacial score (nSPS) is 26.2. The largest absolute Gasteiger partial charge is 0.392 e. The molecule has 1 aromatic carbocycles. The van der Waals surface area contributed by atoms with E-state index in [-0.39, 0.29) is 6.61 Å². The van der Waals surface area contributed by atoms with Crippen LogP contribution in [0.3, 0.4) is 0 Å². The number of benzene rings is 1. The number of aryl methyl sites for hydroxylation is 1. The van der Waals surface area contributed by atoms with Gasteiger partial charge < -0.3 is 5.11 Å². The summed E-state index contributed by atoms with van der Waals surface area (Å²) in [5, 5.41) is 9.43. The predicted octanol–water partition coefficient (Wildman–Crippen LogP) is 2.16. The Hall–Kier alpha value is -0.910. The number of aliphatic hydroxyl groups excluding tert-OH is 1. The van der Waals surface area contributed by atoms with Crippen molar-refractivity contribution < 1.29 is 13.5 Å². The van der Waals surface area contributed by atoms with Gasteiger partial charge >= 0.3 is 0 Å². The Morgan fingerprint density at radius 1 is 1.19 bits per heavy atom. The molecule has 0 spiro atoms. The second-order valence-electron chi connectivity index (χ2n) is 6.22. The zero-order chi connectivity index (χ0) is 15.0. The van der Waals surface area contributed by atoms with E-state index in [2.05, 4.69) is 0 Å². The third kappa shape index (κ3) is 2.62. The Morgan fingerprint density at radius 3 is 2.43 bits per heavy atom. The molecule has 1 aromatic rings. The summed E-state index contributed by atoms with van der Waals surface area (Å²) in [4.78, 5) is 0.323. The standard InChI is InChI=1S/C16H23NO3S/c1-2-12-6-7-16(8-15(12)11-18)21(19,20)17-9-13-4-3-5-14(13)10-17/h6-8,13-14,18H,2-5,9-11H2,1H3. The molecule has 4 nitrogen and oxygen atoms in total. The topological polar surface area (TPSA) is 57.6 Å². The first-order valence-electron chi connectivity index (χ1n) is 7.79. The highest BCUT2D eigenvalue weighted by Crippen LogP contribution is 2.39. The minimum absolute atomic E-state index is 0.113. The lowest BCUT2D eigenvalue weighted by atomic mass is 10.0. The Balaban J connectivity index is 1.88. The van der Waals surface area contributed by atoms with Crippen LogP contribution in [0.5, 0.6) is 0 Å². The maximum absolute atomic E-state index is 12.8. The lowest BCUT2D eigenvalue weighted by Gasteiger charge is -2.18. The number of sulfonamides is 1. The van der Waals surface area contributed by atoms with E-state index in [0.29, 0.717) is 29.8 Å². The Kier molecular flexibility index (Phi) is 4.08. The molecule has 0 radical (unpaired) electrons. The summed E-state index contributed by atoms with van der Waals surface area (Å²) in [6.45, 7) is 3.22. The van der Waals surface area contributed by atoms with Crippen molar-refractivity contribution in [3.63, 3.8) is 0 Å². The maximum Gasteiger partial charge on any atom is 0.243 e. The lowest BCUT2D eigenvalue weighted by Crippen LogP contribution is -2.29. The van der Waals surface area contributed by atoms with Gasteiger partial charge in [0.2, 0.25) is 10.0 Å². The van der Waals surface area contributed by atoms with E-state index in [0.717, 1.165) is 30.4 Å². The van der Waals surface area contributed by atoms with Crippen LogP contribution in [-0.2, 0) is 23.1 Å². The fourth-order valence-electron chi connectivity index (χ4n) is 3.79. The van der Waals surface area contributed by atoms with Gasteiger partial charge in [-0.2, -0.15) is 4.31 Å². The first-order valence-corrected chi connectivity index (χ1v) is 9.23. The van der Waals surface area contributed by atoms with Crippen LogP contribution in [0.1, 0.15) is 37.3 Å². The highest BCUT2D eigenvalue weighted by atomic mass is 32.2. The van der Waals surface area contributed by atoms with E-state index >= 15 is 0 Å². The third-order valence-electron chi connectivity index (χ3n) is 5.06. The van der Waals surface area contributed by atoms with Crippen molar-refractivity contribution in [1.82, 2.24) is 4.31 Å². The van der Waals surface area contributed by atoms with Gasteiger partial charge in [-0.1, -0.05) is 19.4 Å². The Bertz CT molecular complexity index is 614. The first kappa shape index (κ1) is 15.0. The molecule has 5 heteroatoms. The summed E-state index contributed by atoms with van der Waals surface area (Å²) in [7, 11) is -3.42. The minimum atomic E-state index is -3.42. The SMILES string of the molecule is CCc1ccc(S(=O)(=O)N2CC3CCCC3C2)cc1CO. The average molecular weight is 309 g/mol. The molecule has 3 rings (SSSR count). The molecule has 21 heavy (non-hydrogen) atoms. The quantitative estimate of drug-likeness (QED) is 0.927. The molecule has 1 N–H and O–H groups in total. The van der Waals surface area contributed by atoms with Crippen LogP contribution < -0.4 is 0 Å². The van der Waals surface area contributed by atoms with E-state index < -0.39 is 10.0 Å². The van der Waals surface area contributed by atoms with Crippen molar-refractivity contribution in [1.29, 1.82) is 0 Å². The molecule has 1 saturated heterocycles. The van der Waals surface area contributed by atoms with Crippen molar-refractivity contribution in [2.24, 2.45) is 11.8 Å². The van der Waals surface area contributed by atoms with Gasteiger partial charge in [0, 0.05) is 13.1 Å². The molecular weight excluding hydrogens is 286 g/mol. The summed E-state index contributed by atoms with van der Waals surface area (Å²) in [5.74, 6) is 1.10. The van der Waals surface area contributed by atoms with Crippen LogP contribution in [-0.4, -0.2) is 30.9 Å². The molecule has 0 bridgehead atoms. The van der Waals surface area contributed by atoms with Crippen LogP contribution in [0.25, 0.3) is 0 Å². The van der Waals surface area contributed by atoms with Gasteiger partial charge in [-0.05, 0) is 54.4 Å². The molecular formula is C16H23NO3S. The van der Waals surface area contributed by atoms with Crippen LogP contribution in [0.15, 0.2) is 23.1 Å². The number of fused-ring (bicyclic) bond motifs is 1. The molecule has 2 atom stereocenters. The van der Waals surface area contributed by atoms with E-state index in [9.17, 15) is 13.5 Å². The predicted molar refractivity (Wildman–Crippen MR) is 81.3 cm³/mol. The van der Waals surface area contributed by atoms with Gasteiger partial charge in [0.15, 0.2) is 0 Å². The molecule has 0 amide bonds. The smallest absolute Gasteiger partial charge is 0.243 e. The van der Waals surface area contributed by atoms with E-state index in [1.165, 1.54) is 6.42 Å². The summed E-state index contributed by atoms with van der Waals surface area (Å²) < 4.78 is 27.2. The second kappa shape index (κ2) is 5.71. The highest BCUT2D eigenvalue weighted by Gasteiger charge is 2.41. The monoisotopic (exact) mass is 309 g/mol. The van der Waals surface area contributed by atoms with Gasteiger partial charge in [0.05, 0.1) is 11.5 Å². The fraction of sp³-hybridized carbons (Fsp3) is 0.625. The van der Waals surface area contributed by atoms with Crippen molar-refractivity contribution in [2.75, 3.05) is 13.1 Å². The molecule has 2 fully saturated rings. The fourth-order valence-corrected chi connectivity index (χ4v) is 5.40. The second-order valence-corrected chi connectivity index (χ2v) is 8.15. The van der Waals surface area contributed by atoms with Gasteiger partial charge in [-0.25, -0.2) is 8.42 Å². The average Bonchev–Trinajstić information content (AvgIpc) is 3.07. The van der Waals surface area contributed by atoms with Gasteiger partial charge in [0.1, 0.15) is 0 Å². The van der Waals surface area contributed by atoms with Gasteiger partial charge in [0.25, 0.3) is 0 Å². The molecule has 1 heterocycles. The molecule has 2 unspecified atom stereocenters. The van der Waals surface area contributed by atoms with Gasteiger partial charge in [-0.15, -0.1) is 0 Å². The molecule has 1 aliphatic carbocycles. The first-order chi connectivity index (χ1) is 10.1. The lowest BCUT2D eigenvalue weighted by molar-refractivity contribution is 0.280. The van der Waals surface area contributed by atoms with Crippen molar-refractivity contribution in [2.45, 2.75) is 44.1 Å². The van der Waals surface area contributed by atoms with Crippen molar-refractivity contribution in [3.05, 3.63) is 29.3 Å². The molecule has 1 aliphatic heterocycles. The van der Waals surface area contributed by atoms with Crippen LogP contribution in [0.2, 0.25) is 0 Å². The zero-order valence-electron chi connectivity index (χ0n) is 12.5. The van der Waals surface area contributed by atoms with Crippen molar-refractivity contribution >= 4 is 10.0 Å². The summed E-state index contributed by atoms with van der Waals surface area (Å²) in [5.41, 5.74) is 1.73. The summed E-state index contributed by atoms with van der Waals surface area (Å²) in [6.07, 6.45) is 4.36. The maximum atomic E-state index is 12.8. The minimum Gasteiger partial charge on any atom is -0.392 e.